The first-order valence-corrected chi connectivity index (χ1v) is 5.75. The van der Waals surface area contributed by atoms with Gasteiger partial charge in [0.2, 0.25) is 0 Å². The number of ether oxygens (including phenoxy) is 1. The Balaban J connectivity index is 2.25. The van der Waals surface area contributed by atoms with Gasteiger partial charge in [-0.3, -0.25) is 0 Å². The van der Waals surface area contributed by atoms with E-state index in [2.05, 4.69) is 15.3 Å². The Bertz CT molecular complexity index is 525. The zero-order chi connectivity index (χ0) is 13.0. The van der Waals surface area contributed by atoms with E-state index in [0.717, 1.165) is 29.2 Å². The van der Waals surface area contributed by atoms with E-state index in [1.165, 1.54) is 6.33 Å². The van der Waals surface area contributed by atoms with E-state index < -0.39 is 0 Å². The molecule has 0 bridgehead atoms. The Kier molecular flexibility index (Phi) is 3.62. The van der Waals surface area contributed by atoms with E-state index in [4.69, 9.17) is 10.5 Å². The molecule has 94 valence electrons. The first kappa shape index (κ1) is 12.2. The van der Waals surface area contributed by atoms with Crippen LogP contribution in [0.15, 0.2) is 30.6 Å². The van der Waals surface area contributed by atoms with Crippen molar-refractivity contribution >= 4 is 17.3 Å². The molecule has 0 aliphatic carbocycles. The van der Waals surface area contributed by atoms with Gasteiger partial charge in [-0.1, -0.05) is 6.92 Å². The Labute approximate surface area is 106 Å². The maximum absolute atomic E-state index is 5.82. The van der Waals surface area contributed by atoms with Crippen molar-refractivity contribution in [2.75, 3.05) is 18.2 Å². The van der Waals surface area contributed by atoms with E-state index >= 15 is 0 Å². The zero-order valence-corrected chi connectivity index (χ0v) is 10.5. The molecule has 0 aliphatic rings. The van der Waals surface area contributed by atoms with Crippen LogP contribution in [0.25, 0.3) is 0 Å². The van der Waals surface area contributed by atoms with Crippen molar-refractivity contribution < 1.29 is 4.74 Å². The van der Waals surface area contributed by atoms with Gasteiger partial charge in [0, 0.05) is 11.3 Å². The third-order valence-corrected chi connectivity index (χ3v) is 2.69. The molecule has 0 spiro atoms. The third-order valence-electron chi connectivity index (χ3n) is 2.69. The highest BCUT2D eigenvalue weighted by Gasteiger charge is 2.07. The van der Waals surface area contributed by atoms with Gasteiger partial charge in [0.15, 0.2) is 0 Å². The van der Waals surface area contributed by atoms with Crippen LogP contribution >= 0.6 is 0 Å². The number of aromatic nitrogens is 2. The molecule has 18 heavy (non-hydrogen) atoms. The average molecular weight is 244 g/mol. The molecular weight excluding hydrogens is 228 g/mol. The lowest BCUT2D eigenvalue weighted by molar-refractivity contribution is 0.415. The summed E-state index contributed by atoms with van der Waals surface area (Å²) in [6.07, 6.45) is 2.24. The number of nitrogens with one attached hydrogen (secondary N) is 1. The second-order valence-corrected chi connectivity index (χ2v) is 3.79. The quantitative estimate of drug-likeness (QED) is 0.863. The molecule has 0 unspecified atom stereocenters. The minimum atomic E-state index is 0.517. The number of methoxy groups -OCH3 is 1. The molecule has 0 aliphatic heterocycles. The summed E-state index contributed by atoms with van der Waals surface area (Å²) in [6.45, 7) is 2.02. The van der Waals surface area contributed by atoms with Crippen LogP contribution in [0.4, 0.5) is 17.3 Å². The summed E-state index contributed by atoms with van der Waals surface area (Å²) in [7, 11) is 1.64. The molecule has 1 aromatic carbocycles. The molecule has 0 atom stereocenters. The highest BCUT2D eigenvalue weighted by molar-refractivity contribution is 5.64. The minimum Gasteiger partial charge on any atom is -0.497 e. The van der Waals surface area contributed by atoms with Crippen LogP contribution in [0.3, 0.4) is 0 Å². The molecule has 1 heterocycles. The van der Waals surface area contributed by atoms with Gasteiger partial charge in [0.1, 0.15) is 23.7 Å². The highest BCUT2D eigenvalue weighted by Crippen LogP contribution is 2.23. The summed E-state index contributed by atoms with van der Waals surface area (Å²) in [5, 5.41) is 3.23. The summed E-state index contributed by atoms with van der Waals surface area (Å²) in [4.78, 5) is 8.20. The van der Waals surface area contributed by atoms with Gasteiger partial charge < -0.3 is 15.8 Å². The average Bonchev–Trinajstić information content (AvgIpc) is 2.40. The van der Waals surface area contributed by atoms with Gasteiger partial charge in [-0.2, -0.15) is 0 Å². The highest BCUT2D eigenvalue weighted by atomic mass is 16.5. The second-order valence-electron chi connectivity index (χ2n) is 3.79. The van der Waals surface area contributed by atoms with E-state index in [0.29, 0.717) is 5.82 Å². The van der Waals surface area contributed by atoms with E-state index in [9.17, 15) is 0 Å². The summed E-state index contributed by atoms with van der Waals surface area (Å²) < 4.78 is 5.11. The molecule has 0 fully saturated rings. The SMILES string of the molecule is CCc1c(N)ncnc1Nc1ccc(OC)cc1. The van der Waals surface area contributed by atoms with Crippen LogP contribution in [0.2, 0.25) is 0 Å². The molecule has 0 saturated carbocycles. The van der Waals surface area contributed by atoms with Crippen LogP contribution in [-0.4, -0.2) is 17.1 Å². The number of rotatable bonds is 4. The van der Waals surface area contributed by atoms with Crippen LogP contribution < -0.4 is 15.8 Å². The Morgan fingerprint density at radius 1 is 1.22 bits per heavy atom. The number of nitrogens with two attached hydrogens (primary N) is 1. The van der Waals surface area contributed by atoms with Gasteiger partial charge in [-0.25, -0.2) is 9.97 Å². The lowest BCUT2D eigenvalue weighted by atomic mass is 10.2. The number of hydrogen-bond acceptors (Lipinski definition) is 5. The van der Waals surface area contributed by atoms with Crippen LogP contribution in [0.1, 0.15) is 12.5 Å². The fourth-order valence-corrected chi connectivity index (χ4v) is 1.69. The van der Waals surface area contributed by atoms with Gasteiger partial charge in [0.25, 0.3) is 0 Å². The third kappa shape index (κ3) is 2.51. The maximum Gasteiger partial charge on any atom is 0.139 e. The summed E-state index contributed by atoms with van der Waals surface area (Å²) >= 11 is 0. The minimum absolute atomic E-state index is 0.517. The first-order valence-electron chi connectivity index (χ1n) is 5.75. The first-order chi connectivity index (χ1) is 8.74. The summed E-state index contributed by atoms with van der Waals surface area (Å²) in [6, 6.07) is 7.63. The van der Waals surface area contributed by atoms with E-state index in [1.54, 1.807) is 7.11 Å². The number of nitrogen functional groups attached to an aromatic ring is 1. The van der Waals surface area contributed by atoms with Crippen molar-refractivity contribution in [1.29, 1.82) is 0 Å². The Morgan fingerprint density at radius 3 is 2.56 bits per heavy atom. The van der Waals surface area contributed by atoms with Crippen molar-refractivity contribution in [1.82, 2.24) is 9.97 Å². The van der Waals surface area contributed by atoms with Crippen LogP contribution in [0.5, 0.6) is 5.75 Å². The van der Waals surface area contributed by atoms with Crippen LogP contribution in [-0.2, 0) is 6.42 Å². The molecule has 5 heteroatoms. The Morgan fingerprint density at radius 2 is 1.94 bits per heavy atom. The second kappa shape index (κ2) is 5.35. The fourth-order valence-electron chi connectivity index (χ4n) is 1.69. The smallest absolute Gasteiger partial charge is 0.139 e. The normalized spacial score (nSPS) is 10.1. The number of anilines is 3. The molecule has 5 nitrogen and oxygen atoms in total. The molecule has 0 saturated heterocycles. The van der Waals surface area contributed by atoms with Gasteiger partial charge in [0.05, 0.1) is 7.11 Å². The number of benzene rings is 1. The largest absolute Gasteiger partial charge is 0.497 e. The zero-order valence-electron chi connectivity index (χ0n) is 10.5. The summed E-state index contributed by atoms with van der Waals surface area (Å²) in [5.41, 5.74) is 7.68. The molecule has 0 radical (unpaired) electrons. The van der Waals surface area contributed by atoms with Gasteiger partial charge in [-0.15, -0.1) is 0 Å². The lowest BCUT2D eigenvalue weighted by Crippen LogP contribution is -2.04. The maximum atomic E-state index is 5.82. The molecule has 3 N–H and O–H groups in total. The van der Waals surface area contributed by atoms with Crippen LogP contribution in [0, 0.1) is 0 Å². The van der Waals surface area contributed by atoms with E-state index in [-0.39, 0.29) is 0 Å². The molecule has 0 amide bonds. The summed E-state index contributed by atoms with van der Waals surface area (Å²) in [5.74, 6) is 2.08. The molecule has 2 aromatic rings. The van der Waals surface area contributed by atoms with Crippen molar-refractivity contribution in [3.05, 3.63) is 36.2 Å². The van der Waals surface area contributed by atoms with Crippen molar-refractivity contribution in [3.8, 4) is 5.75 Å². The van der Waals surface area contributed by atoms with Crippen molar-refractivity contribution in [2.45, 2.75) is 13.3 Å². The van der Waals surface area contributed by atoms with Gasteiger partial charge >= 0.3 is 0 Å². The topological polar surface area (TPSA) is 73.1 Å². The fraction of sp³-hybridized carbons (Fsp3) is 0.231. The standard InChI is InChI=1S/C13H16N4O/c1-3-11-12(14)15-8-16-13(11)17-9-4-6-10(18-2)7-5-9/h4-8H,3H2,1-2H3,(H3,14,15,16,17). The number of nitrogens with zero attached hydrogens (tertiary/aromatic N) is 2. The number of hydrogen-bond donors (Lipinski definition) is 2. The van der Waals surface area contributed by atoms with Crippen molar-refractivity contribution in [2.24, 2.45) is 0 Å². The molecule has 1 aromatic heterocycles. The van der Waals surface area contributed by atoms with Gasteiger partial charge in [-0.05, 0) is 30.7 Å². The Hall–Kier alpha value is -2.30. The predicted octanol–water partition coefficient (Wildman–Crippen LogP) is 2.37. The van der Waals surface area contributed by atoms with Crippen molar-refractivity contribution in [3.63, 3.8) is 0 Å². The lowest BCUT2D eigenvalue weighted by Gasteiger charge is -2.11. The predicted molar refractivity (Wildman–Crippen MR) is 72.1 cm³/mol. The monoisotopic (exact) mass is 244 g/mol. The van der Waals surface area contributed by atoms with E-state index in [1.807, 2.05) is 31.2 Å². The molecule has 2 rings (SSSR count). The molecular formula is C13H16N4O.